The van der Waals surface area contributed by atoms with Crippen LogP contribution in [0, 0.1) is 5.82 Å². The number of allylic oxidation sites excluding steroid dienone is 1. The van der Waals surface area contributed by atoms with Gasteiger partial charge in [0, 0.05) is 31.7 Å². The zero-order chi connectivity index (χ0) is 23.2. The molecular formula is C24H24FN5O2S. The summed E-state index contributed by atoms with van der Waals surface area (Å²) in [7, 11) is 0. The van der Waals surface area contributed by atoms with Gasteiger partial charge in [0.2, 0.25) is 11.8 Å². The fourth-order valence-corrected chi connectivity index (χ4v) is 4.41. The molecule has 3 aromatic rings. The molecule has 1 aromatic heterocycles. The van der Waals surface area contributed by atoms with Crippen LogP contribution < -0.4 is 10.2 Å². The fourth-order valence-electron chi connectivity index (χ4n) is 3.63. The van der Waals surface area contributed by atoms with Gasteiger partial charge in [0.05, 0.1) is 11.3 Å². The lowest BCUT2D eigenvalue weighted by Crippen LogP contribution is -2.25. The molecule has 1 saturated heterocycles. The first-order valence-electron chi connectivity index (χ1n) is 10.6. The third-order valence-corrected chi connectivity index (χ3v) is 6.25. The highest BCUT2D eigenvalue weighted by atomic mass is 32.2. The quantitative estimate of drug-likeness (QED) is 0.384. The molecule has 33 heavy (non-hydrogen) atoms. The summed E-state index contributed by atoms with van der Waals surface area (Å²) in [6, 6.07) is 14.0. The van der Waals surface area contributed by atoms with Gasteiger partial charge < -0.3 is 10.2 Å². The molecule has 170 valence electrons. The number of thioether (sulfide) groups is 1. The second-order valence-corrected chi connectivity index (χ2v) is 8.51. The summed E-state index contributed by atoms with van der Waals surface area (Å²) in [5.41, 5.74) is 2.18. The first-order chi connectivity index (χ1) is 16.1. The molecule has 1 aliphatic heterocycles. The first-order valence-corrected chi connectivity index (χ1v) is 11.6. The molecule has 0 radical (unpaired) electrons. The predicted octanol–water partition coefficient (Wildman–Crippen LogP) is 3.81. The molecule has 0 aliphatic carbocycles. The molecule has 1 aliphatic rings. The molecular weight excluding hydrogens is 441 g/mol. The van der Waals surface area contributed by atoms with Crippen molar-refractivity contribution >= 4 is 29.3 Å². The van der Waals surface area contributed by atoms with Crippen molar-refractivity contribution in [3.63, 3.8) is 0 Å². The van der Waals surface area contributed by atoms with Crippen LogP contribution in [0.15, 0.2) is 66.3 Å². The van der Waals surface area contributed by atoms with Crippen molar-refractivity contribution < 1.29 is 14.0 Å². The van der Waals surface area contributed by atoms with Gasteiger partial charge in [0.15, 0.2) is 11.0 Å². The number of nitrogens with one attached hydrogen (secondary N) is 1. The number of aromatic nitrogens is 3. The summed E-state index contributed by atoms with van der Waals surface area (Å²) >= 11 is 1.23. The van der Waals surface area contributed by atoms with E-state index in [-0.39, 0.29) is 23.4 Å². The summed E-state index contributed by atoms with van der Waals surface area (Å²) in [5, 5.41) is 11.7. The van der Waals surface area contributed by atoms with Gasteiger partial charge in [-0.3, -0.25) is 14.2 Å². The molecule has 0 unspecified atom stereocenters. The largest absolute Gasteiger partial charge is 0.351 e. The van der Waals surface area contributed by atoms with Gasteiger partial charge in [0.25, 0.3) is 0 Å². The van der Waals surface area contributed by atoms with E-state index in [0.29, 0.717) is 36.1 Å². The molecule has 2 aromatic carbocycles. The summed E-state index contributed by atoms with van der Waals surface area (Å²) in [6.45, 7) is 5.28. The van der Waals surface area contributed by atoms with Crippen molar-refractivity contribution in [3.05, 3.63) is 72.6 Å². The third-order valence-electron chi connectivity index (χ3n) is 5.29. The number of nitrogens with zero attached hydrogens (tertiary/aromatic N) is 4. The van der Waals surface area contributed by atoms with Crippen LogP contribution in [0.5, 0.6) is 0 Å². The van der Waals surface area contributed by atoms with E-state index in [1.54, 1.807) is 33.7 Å². The third kappa shape index (κ3) is 5.31. The van der Waals surface area contributed by atoms with Crippen LogP contribution in [0.2, 0.25) is 0 Å². The number of benzene rings is 2. The average molecular weight is 466 g/mol. The number of hydrogen-bond donors (Lipinski definition) is 1. The molecule has 4 rings (SSSR count). The number of carbonyl (C=O) groups is 2. The maximum atomic E-state index is 14.2. The predicted molar refractivity (Wildman–Crippen MR) is 126 cm³/mol. The van der Waals surface area contributed by atoms with Crippen LogP contribution in [0.1, 0.15) is 18.4 Å². The lowest BCUT2D eigenvalue weighted by Gasteiger charge is -2.16. The highest BCUT2D eigenvalue weighted by molar-refractivity contribution is 7.99. The van der Waals surface area contributed by atoms with Gasteiger partial charge >= 0.3 is 0 Å². The molecule has 0 spiro atoms. The lowest BCUT2D eigenvalue weighted by atomic mass is 10.2. The van der Waals surface area contributed by atoms with Crippen LogP contribution in [-0.4, -0.2) is 38.9 Å². The Bertz CT molecular complexity index is 1160. The van der Waals surface area contributed by atoms with Crippen molar-refractivity contribution in [2.24, 2.45) is 0 Å². The van der Waals surface area contributed by atoms with Crippen LogP contribution >= 0.6 is 11.8 Å². The van der Waals surface area contributed by atoms with Gasteiger partial charge in [-0.2, -0.15) is 0 Å². The molecule has 1 fully saturated rings. The molecule has 0 atom stereocenters. The fraction of sp³-hybridized carbons (Fsp3) is 0.250. The summed E-state index contributed by atoms with van der Waals surface area (Å²) in [5.74, 6) is 0.152. The Hall–Kier alpha value is -3.46. The lowest BCUT2D eigenvalue weighted by molar-refractivity contribution is -0.119. The Morgan fingerprint density at radius 3 is 2.67 bits per heavy atom. The van der Waals surface area contributed by atoms with Crippen molar-refractivity contribution in [1.29, 1.82) is 0 Å². The Morgan fingerprint density at radius 1 is 1.18 bits per heavy atom. The van der Waals surface area contributed by atoms with Crippen LogP contribution in [-0.2, 0) is 22.7 Å². The van der Waals surface area contributed by atoms with Crippen LogP contribution in [0.4, 0.5) is 10.1 Å². The van der Waals surface area contributed by atoms with Crippen LogP contribution in [0.3, 0.4) is 0 Å². The van der Waals surface area contributed by atoms with E-state index in [4.69, 9.17) is 0 Å². The molecule has 0 saturated carbocycles. The average Bonchev–Trinajstić information content (AvgIpc) is 3.43. The minimum Gasteiger partial charge on any atom is -0.351 e. The van der Waals surface area contributed by atoms with E-state index in [9.17, 15) is 14.0 Å². The van der Waals surface area contributed by atoms with Gasteiger partial charge in [-0.25, -0.2) is 4.39 Å². The van der Waals surface area contributed by atoms with Gasteiger partial charge in [0.1, 0.15) is 5.82 Å². The zero-order valence-corrected chi connectivity index (χ0v) is 18.9. The van der Waals surface area contributed by atoms with E-state index in [2.05, 4.69) is 22.1 Å². The molecule has 9 heteroatoms. The Morgan fingerprint density at radius 2 is 1.97 bits per heavy atom. The highest BCUT2D eigenvalue weighted by Gasteiger charge is 2.21. The zero-order valence-electron chi connectivity index (χ0n) is 18.0. The van der Waals surface area contributed by atoms with E-state index in [1.165, 1.54) is 17.8 Å². The standard InChI is InChI=1S/C24H24FN5O2S/c1-2-13-30-23(19-6-3-4-7-20(19)25)27-28-24(30)33-16-21(31)26-15-17-9-11-18(12-10-17)29-14-5-8-22(29)32/h2-4,6-7,9-12H,1,5,8,13-16H2,(H,26,31). The van der Waals surface area contributed by atoms with E-state index in [0.717, 1.165) is 24.2 Å². The topological polar surface area (TPSA) is 80.1 Å². The van der Waals surface area contributed by atoms with Crippen molar-refractivity contribution in [1.82, 2.24) is 20.1 Å². The Kier molecular flexibility index (Phi) is 7.19. The monoisotopic (exact) mass is 465 g/mol. The smallest absolute Gasteiger partial charge is 0.230 e. The minimum atomic E-state index is -0.385. The van der Waals surface area contributed by atoms with Crippen molar-refractivity contribution in [3.8, 4) is 11.4 Å². The second-order valence-electron chi connectivity index (χ2n) is 7.57. The number of rotatable bonds is 9. The maximum Gasteiger partial charge on any atom is 0.230 e. The van der Waals surface area contributed by atoms with Gasteiger partial charge in [-0.05, 0) is 36.2 Å². The van der Waals surface area contributed by atoms with E-state index >= 15 is 0 Å². The van der Waals surface area contributed by atoms with Crippen LogP contribution in [0.25, 0.3) is 11.4 Å². The highest BCUT2D eigenvalue weighted by Crippen LogP contribution is 2.26. The number of halogens is 1. The molecule has 7 nitrogen and oxygen atoms in total. The minimum absolute atomic E-state index is 0.146. The SMILES string of the molecule is C=CCn1c(SCC(=O)NCc2ccc(N3CCCC3=O)cc2)nnc1-c1ccccc1F. The summed E-state index contributed by atoms with van der Waals surface area (Å²) < 4.78 is 16.0. The Balaban J connectivity index is 1.34. The number of amides is 2. The summed E-state index contributed by atoms with van der Waals surface area (Å²) in [4.78, 5) is 26.0. The second kappa shape index (κ2) is 10.4. The number of carbonyl (C=O) groups excluding carboxylic acids is 2. The van der Waals surface area contributed by atoms with Gasteiger partial charge in [-0.15, -0.1) is 16.8 Å². The van der Waals surface area contributed by atoms with Crippen molar-refractivity contribution in [2.45, 2.75) is 31.1 Å². The maximum absolute atomic E-state index is 14.2. The molecule has 2 heterocycles. The molecule has 2 amide bonds. The number of hydrogen-bond acceptors (Lipinski definition) is 5. The van der Waals surface area contributed by atoms with Crippen molar-refractivity contribution in [2.75, 3.05) is 17.2 Å². The normalized spacial score (nSPS) is 13.4. The molecule has 0 bridgehead atoms. The number of anilines is 1. The van der Waals surface area contributed by atoms with E-state index < -0.39 is 0 Å². The summed E-state index contributed by atoms with van der Waals surface area (Å²) in [6.07, 6.45) is 3.16. The Labute approximate surface area is 195 Å². The van der Waals surface area contributed by atoms with Gasteiger partial charge in [-0.1, -0.05) is 42.1 Å². The molecule has 1 N–H and O–H groups in total. The first kappa shape index (κ1) is 22.7. The van der Waals surface area contributed by atoms with E-state index in [1.807, 2.05) is 24.3 Å².